The van der Waals surface area contributed by atoms with Gasteiger partial charge >= 0.3 is 5.97 Å². The van der Waals surface area contributed by atoms with Crippen LogP contribution in [0, 0.1) is 6.92 Å². The lowest BCUT2D eigenvalue weighted by molar-refractivity contribution is 0.0371. The number of aromatic nitrogens is 1. The Labute approximate surface area is 133 Å². The van der Waals surface area contributed by atoms with E-state index in [1.54, 1.807) is 13.8 Å². The normalized spacial score (nSPS) is 10.8. The molecule has 0 aliphatic heterocycles. The summed E-state index contributed by atoms with van der Waals surface area (Å²) in [4.78, 5) is 16.3. The van der Waals surface area contributed by atoms with Crippen molar-refractivity contribution in [2.45, 2.75) is 26.9 Å². The van der Waals surface area contributed by atoms with E-state index < -0.39 is 5.97 Å². The minimum absolute atomic E-state index is 0.147. The van der Waals surface area contributed by atoms with Crippen LogP contribution < -0.4 is 0 Å². The van der Waals surface area contributed by atoms with Gasteiger partial charge in [-0.05, 0) is 26.8 Å². The monoisotopic (exact) mass is 323 g/mol. The number of nitrogens with zero attached hydrogens (tertiary/aromatic N) is 1. The molecule has 110 valence electrons. The Balaban J connectivity index is 2.48. The summed E-state index contributed by atoms with van der Waals surface area (Å²) in [5, 5.41) is 0.597. The Hall–Kier alpha value is -1.58. The predicted octanol–water partition coefficient (Wildman–Crippen LogP) is 4.93. The molecule has 0 aliphatic rings. The molecule has 2 rings (SSSR count). The summed E-state index contributed by atoms with van der Waals surface area (Å²) in [6, 6.07) is 9.09. The molecule has 0 spiro atoms. The maximum absolute atomic E-state index is 12.0. The van der Waals surface area contributed by atoms with Gasteiger partial charge in [-0.15, -0.1) is 0 Å². The summed E-state index contributed by atoms with van der Waals surface area (Å²) >= 11 is 12.3. The molecule has 0 atom stereocenters. The van der Waals surface area contributed by atoms with Crippen LogP contribution in [0.2, 0.25) is 10.0 Å². The number of ether oxygens (including phenoxy) is 1. The first-order valence-corrected chi connectivity index (χ1v) is 7.28. The van der Waals surface area contributed by atoms with E-state index in [-0.39, 0.29) is 16.8 Å². The van der Waals surface area contributed by atoms with E-state index in [2.05, 4.69) is 4.98 Å². The van der Waals surface area contributed by atoms with Crippen LogP contribution in [0.4, 0.5) is 0 Å². The second-order valence-electron chi connectivity index (χ2n) is 4.97. The van der Waals surface area contributed by atoms with Crippen molar-refractivity contribution in [1.82, 2.24) is 4.98 Å². The fourth-order valence-corrected chi connectivity index (χ4v) is 2.18. The zero-order valence-corrected chi connectivity index (χ0v) is 13.5. The van der Waals surface area contributed by atoms with Gasteiger partial charge in [0.1, 0.15) is 0 Å². The summed E-state index contributed by atoms with van der Waals surface area (Å²) in [7, 11) is 0. The zero-order valence-electron chi connectivity index (χ0n) is 12.0. The molecule has 1 aromatic carbocycles. The van der Waals surface area contributed by atoms with Gasteiger partial charge < -0.3 is 4.74 Å². The number of hydrogen-bond acceptors (Lipinski definition) is 3. The van der Waals surface area contributed by atoms with Crippen LogP contribution in [0.25, 0.3) is 11.3 Å². The molecule has 21 heavy (non-hydrogen) atoms. The molecule has 3 nitrogen and oxygen atoms in total. The van der Waals surface area contributed by atoms with Crippen molar-refractivity contribution in [1.29, 1.82) is 0 Å². The fourth-order valence-electron chi connectivity index (χ4n) is 1.78. The van der Waals surface area contributed by atoms with Crippen LogP contribution in [-0.4, -0.2) is 17.1 Å². The third-order valence-electron chi connectivity index (χ3n) is 2.79. The number of halogens is 2. The molecule has 2 aromatic rings. The van der Waals surface area contributed by atoms with Crippen LogP contribution in [0.5, 0.6) is 0 Å². The number of carbonyl (C=O) groups excluding carboxylic acids is 1. The number of pyridine rings is 1. The summed E-state index contributed by atoms with van der Waals surface area (Å²) in [6.07, 6.45) is -0.225. The van der Waals surface area contributed by atoms with Crippen LogP contribution in [0.3, 0.4) is 0 Å². The topological polar surface area (TPSA) is 39.2 Å². The largest absolute Gasteiger partial charge is 0.458 e. The molecule has 0 amide bonds. The lowest BCUT2D eigenvalue weighted by Crippen LogP contribution is -2.13. The van der Waals surface area contributed by atoms with Crippen molar-refractivity contribution in [3.05, 3.63) is 51.6 Å². The zero-order chi connectivity index (χ0) is 15.6. The average molecular weight is 324 g/mol. The smallest absolute Gasteiger partial charge is 0.357 e. The van der Waals surface area contributed by atoms with Crippen LogP contribution >= 0.6 is 23.2 Å². The Kier molecular flexibility index (Phi) is 4.86. The molecule has 0 N–H and O–H groups in total. The third kappa shape index (κ3) is 3.74. The predicted molar refractivity (Wildman–Crippen MR) is 85.0 cm³/mol. The highest BCUT2D eigenvalue weighted by Gasteiger charge is 2.17. The van der Waals surface area contributed by atoms with Crippen molar-refractivity contribution in [3.63, 3.8) is 0 Å². The minimum Gasteiger partial charge on any atom is -0.458 e. The van der Waals surface area contributed by atoms with Gasteiger partial charge in [0.25, 0.3) is 0 Å². The number of benzene rings is 1. The van der Waals surface area contributed by atoms with Crippen molar-refractivity contribution in [3.8, 4) is 11.3 Å². The number of esters is 1. The summed E-state index contributed by atoms with van der Waals surface area (Å²) in [5.41, 5.74) is 2.54. The van der Waals surface area contributed by atoms with E-state index >= 15 is 0 Å². The van der Waals surface area contributed by atoms with Crippen molar-refractivity contribution in [2.75, 3.05) is 0 Å². The second kappa shape index (κ2) is 6.46. The Bertz CT molecular complexity index is 667. The van der Waals surface area contributed by atoms with Gasteiger partial charge in [0.05, 0.1) is 21.8 Å². The van der Waals surface area contributed by atoms with Gasteiger partial charge in [0.15, 0.2) is 5.69 Å². The second-order valence-corrected chi connectivity index (χ2v) is 5.76. The van der Waals surface area contributed by atoms with E-state index in [4.69, 9.17) is 27.9 Å². The summed E-state index contributed by atoms with van der Waals surface area (Å²) < 4.78 is 5.14. The molecule has 0 radical (unpaired) electrons. The summed E-state index contributed by atoms with van der Waals surface area (Å²) in [6.45, 7) is 5.54. The van der Waals surface area contributed by atoms with E-state index in [0.717, 1.165) is 11.1 Å². The number of aryl methyl sites for hydroxylation is 1. The molecule has 0 saturated carbocycles. The van der Waals surface area contributed by atoms with Crippen LogP contribution in [-0.2, 0) is 4.74 Å². The van der Waals surface area contributed by atoms with Gasteiger partial charge in [0, 0.05) is 5.56 Å². The molecule has 0 saturated heterocycles. The first-order valence-electron chi connectivity index (χ1n) is 6.52. The quantitative estimate of drug-likeness (QED) is 0.752. The molecule has 0 unspecified atom stereocenters. The minimum atomic E-state index is -0.517. The van der Waals surface area contributed by atoms with Crippen molar-refractivity contribution < 1.29 is 9.53 Å². The highest BCUT2D eigenvalue weighted by molar-refractivity contribution is 6.43. The molecule has 0 aliphatic carbocycles. The van der Waals surface area contributed by atoms with Gasteiger partial charge in [-0.25, -0.2) is 9.78 Å². The average Bonchev–Trinajstić information content (AvgIpc) is 2.42. The van der Waals surface area contributed by atoms with Gasteiger partial charge in [0.2, 0.25) is 0 Å². The van der Waals surface area contributed by atoms with E-state index in [1.807, 2.05) is 31.2 Å². The van der Waals surface area contributed by atoms with E-state index in [0.29, 0.717) is 10.7 Å². The summed E-state index contributed by atoms with van der Waals surface area (Å²) in [5.74, 6) is -0.517. The molecule has 0 bridgehead atoms. The SMILES string of the molecule is Cc1ccc(-c2nc(C(=O)OC(C)C)cc(Cl)c2Cl)cc1. The number of rotatable bonds is 3. The first-order chi connectivity index (χ1) is 9.88. The van der Waals surface area contributed by atoms with E-state index in [9.17, 15) is 4.79 Å². The lowest BCUT2D eigenvalue weighted by Gasteiger charge is -2.11. The standard InChI is InChI=1S/C16H15Cl2NO2/c1-9(2)21-16(20)13-8-12(17)14(18)15(19-13)11-6-4-10(3)5-7-11/h4-9H,1-3H3. The number of carbonyl (C=O) groups is 1. The first kappa shape index (κ1) is 15.8. The third-order valence-corrected chi connectivity index (χ3v) is 3.57. The van der Waals surface area contributed by atoms with Gasteiger partial charge in [-0.2, -0.15) is 0 Å². The van der Waals surface area contributed by atoms with Crippen molar-refractivity contribution >= 4 is 29.2 Å². The molecule has 0 fully saturated rings. The van der Waals surface area contributed by atoms with Gasteiger partial charge in [-0.1, -0.05) is 53.0 Å². The molecule has 1 heterocycles. The highest BCUT2D eigenvalue weighted by Crippen LogP contribution is 2.33. The molecule has 5 heteroatoms. The Morgan fingerprint density at radius 1 is 1.19 bits per heavy atom. The maximum Gasteiger partial charge on any atom is 0.357 e. The molecule has 1 aromatic heterocycles. The molecular formula is C16H15Cl2NO2. The van der Waals surface area contributed by atoms with E-state index in [1.165, 1.54) is 6.07 Å². The Morgan fingerprint density at radius 3 is 2.38 bits per heavy atom. The van der Waals surface area contributed by atoms with Crippen molar-refractivity contribution in [2.24, 2.45) is 0 Å². The molecular weight excluding hydrogens is 309 g/mol. The maximum atomic E-state index is 12.0. The fraction of sp³-hybridized carbons (Fsp3) is 0.250. The lowest BCUT2D eigenvalue weighted by atomic mass is 10.1. The van der Waals surface area contributed by atoms with Crippen LogP contribution in [0.15, 0.2) is 30.3 Å². The highest BCUT2D eigenvalue weighted by atomic mass is 35.5. The number of hydrogen-bond donors (Lipinski definition) is 0. The van der Waals surface area contributed by atoms with Crippen LogP contribution in [0.1, 0.15) is 29.9 Å². The Morgan fingerprint density at radius 2 is 1.81 bits per heavy atom. The van der Waals surface area contributed by atoms with Gasteiger partial charge in [-0.3, -0.25) is 0 Å².